The van der Waals surface area contributed by atoms with Crippen molar-refractivity contribution in [3.05, 3.63) is 5.82 Å². The molecule has 21 heavy (non-hydrogen) atoms. The Morgan fingerprint density at radius 2 is 2.05 bits per heavy atom. The molecule has 6 heteroatoms. The van der Waals surface area contributed by atoms with Crippen LogP contribution in [0.5, 0.6) is 0 Å². The molecule has 0 spiro atoms. The zero-order valence-electron chi connectivity index (χ0n) is 13.2. The fourth-order valence-corrected chi connectivity index (χ4v) is 3.58. The Labute approximate surface area is 130 Å². The van der Waals surface area contributed by atoms with Gasteiger partial charge in [0.15, 0.2) is 5.16 Å². The number of nitrogens with zero attached hydrogens (tertiary/aromatic N) is 3. The van der Waals surface area contributed by atoms with Crippen LogP contribution in [0.2, 0.25) is 0 Å². The van der Waals surface area contributed by atoms with Crippen LogP contribution in [0.25, 0.3) is 0 Å². The van der Waals surface area contributed by atoms with Crippen LogP contribution < -0.4 is 0 Å². The third-order valence-electron chi connectivity index (χ3n) is 3.72. The van der Waals surface area contributed by atoms with Crippen LogP contribution in [-0.2, 0) is 16.1 Å². The Balaban J connectivity index is 2.00. The second-order valence-corrected chi connectivity index (χ2v) is 6.69. The normalized spacial score (nSPS) is 16.4. The predicted octanol–water partition coefficient (Wildman–Crippen LogP) is 3.39. The Kier molecular flexibility index (Phi) is 6.08. The van der Waals surface area contributed by atoms with Gasteiger partial charge in [0.25, 0.3) is 0 Å². The molecule has 0 aliphatic heterocycles. The van der Waals surface area contributed by atoms with Gasteiger partial charge < -0.3 is 9.30 Å². The highest BCUT2D eigenvalue weighted by Gasteiger charge is 2.23. The van der Waals surface area contributed by atoms with Gasteiger partial charge in [0.2, 0.25) is 0 Å². The summed E-state index contributed by atoms with van der Waals surface area (Å²) in [5.41, 5.74) is 0. The fourth-order valence-electron chi connectivity index (χ4n) is 2.79. The summed E-state index contributed by atoms with van der Waals surface area (Å²) in [6.07, 6.45) is 6.24. The molecule has 1 heterocycles. The SMILES string of the molecule is CCn1c(SCC(=O)OC(C)C)nnc1C1CCCCC1. The lowest BCUT2D eigenvalue weighted by Crippen LogP contribution is -2.14. The van der Waals surface area contributed by atoms with Crippen LogP contribution in [0.4, 0.5) is 0 Å². The average Bonchev–Trinajstić information content (AvgIpc) is 2.88. The lowest BCUT2D eigenvalue weighted by atomic mass is 9.89. The van der Waals surface area contributed by atoms with E-state index in [2.05, 4.69) is 21.7 Å². The minimum atomic E-state index is -0.195. The first-order valence-corrected chi connectivity index (χ1v) is 8.85. The van der Waals surface area contributed by atoms with E-state index in [-0.39, 0.29) is 12.1 Å². The molecule has 1 aliphatic carbocycles. The van der Waals surface area contributed by atoms with Crippen molar-refractivity contribution in [1.82, 2.24) is 14.8 Å². The van der Waals surface area contributed by atoms with E-state index >= 15 is 0 Å². The molecule has 0 N–H and O–H groups in total. The first-order chi connectivity index (χ1) is 10.1. The molecule has 5 nitrogen and oxygen atoms in total. The van der Waals surface area contributed by atoms with Gasteiger partial charge in [0.1, 0.15) is 5.82 Å². The van der Waals surface area contributed by atoms with Gasteiger partial charge in [-0.05, 0) is 33.6 Å². The summed E-state index contributed by atoms with van der Waals surface area (Å²) in [5.74, 6) is 1.72. The Bertz CT molecular complexity index is 467. The quantitative estimate of drug-likeness (QED) is 0.595. The number of thioether (sulfide) groups is 1. The molecule has 1 aromatic rings. The van der Waals surface area contributed by atoms with Gasteiger partial charge in [0.05, 0.1) is 11.9 Å². The molecule has 0 atom stereocenters. The molecule has 118 valence electrons. The lowest BCUT2D eigenvalue weighted by Gasteiger charge is -2.21. The molecule has 0 unspecified atom stereocenters. The lowest BCUT2D eigenvalue weighted by molar-refractivity contribution is -0.144. The number of rotatable bonds is 6. The minimum absolute atomic E-state index is 0.0695. The first kappa shape index (κ1) is 16.3. The first-order valence-electron chi connectivity index (χ1n) is 7.87. The second-order valence-electron chi connectivity index (χ2n) is 5.75. The fraction of sp³-hybridized carbons (Fsp3) is 0.800. The zero-order chi connectivity index (χ0) is 15.2. The van der Waals surface area contributed by atoms with E-state index in [1.165, 1.54) is 43.9 Å². The van der Waals surface area contributed by atoms with E-state index in [1.807, 2.05) is 13.8 Å². The van der Waals surface area contributed by atoms with E-state index in [4.69, 9.17) is 4.74 Å². The number of ether oxygens (including phenoxy) is 1. The molecule has 1 aromatic heterocycles. The summed E-state index contributed by atoms with van der Waals surface area (Å²) < 4.78 is 7.31. The molecule has 1 aliphatic rings. The van der Waals surface area contributed by atoms with Crippen molar-refractivity contribution in [2.75, 3.05) is 5.75 Å². The van der Waals surface area contributed by atoms with Crippen LogP contribution in [-0.4, -0.2) is 32.6 Å². The van der Waals surface area contributed by atoms with Crippen molar-refractivity contribution in [3.8, 4) is 0 Å². The average molecular weight is 311 g/mol. The van der Waals surface area contributed by atoms with Crippen molar-refractivity contribution in [3.63, 3.8) is 0 Å². The maximum atomic E-state index is 11.6. The summed E-state index contributed by atoms with van der Waals surface area (Å²) in [6.45, 7) is 6.67. The maximum absolute atomic E-state index is 11.6. The summed E-state index contributed by atoms with van der Waals surface area (Å²) >= 11 is 1.42. The van der Waals surface area contributed by atoms with E-state index in [9.17, 15) is 4.79 Å². The van der Waals surface area contributed by atoms with Crippen LogP contribution in [0, 0.1) is 0 Å². The van der Waals surface area contributed by atoms with Crippen molar-refractivity contribution in [2.45, 2.75) is 76.6 Å². The summed E-state index contributed by atoms with van der Waals surface area (Å²) in [7, 11) is 0. The number of hydrogen-bond donors (Lipinski definition) is 0. The van der Waals surface area contributed by atoms with Crippen LogP contribution in [0.15, 0.2) is 5.16 Å². The van der Waals surface area contributed by atoms with Gasteiger partial charge in [0, 0.05) is 12.5 Å². The standard InChI is InChI=1S/C15H25N3O2S/c1-4-18-14(12-8-6-5-7-9-12)16-17-15(18)21-10-13(19)20-11(2)3/h11-12H,4-10H2,1-3H3. The molecule has 1 saturated carbocycles. The van der Waals surface area contributed by atoms with Gasteiger partial charge >= 0.3 is 5.97 Å². The number of carbonyl (C=O) groups excluding carboxylic acids is 1. The summed E-state index contributed by atoms with van der Waals surface area (Å²) in [6, 6.07) is 0. The monoisotopic (exact) mass is 311 g/mol. The third kappa shape index (κ3) is 4.46. The minimum Gasteiger partial charge on any atom is -0.462 e. The van der Waals surface area contributed by atoms with Gasteiger partial charge in [-0.25, -0.2) is 0 Å². The topological polar surface area (TPSA) is 57.0 Å². The Hall–Kier alpha value is -1.04. The molecule has 0 aromatic carbocycles. The molecule has 0 saturated heterocycles. The van der Waals surface area contributed by atoms with E-state index < -0.39 is 0 Å². The Morgan fingerprint density at radius 3 is 2.67 bits per heavy atom. The predicted molar refractivity (Wildman–Crippen MR) is 83.5 cm³/mol. The van der Waals surface area contributed by atoms with Crippen molar-refractivity contribution in [2.24, 2.45) is 0 Å². The van der Waals surface area contributed by atoms with Gasteiger partial charge in [-0.15, -0.1) is 10.2 Å². The molecule has 0 bridgehead atoms. The van der Waals surface area contributed by atoms with Crippen molar-refractivity contribution >= 4 is 17.7 Å². The van der Waals surface area contributed by atoms with Gasteiger partial charge in [-0.2, -0.15) is 0 Å². The maximum Gasteiger partial charge on any atom is 0.316 e. The number of carbonyl (C=O) groups is 1. The van der Waals surface area contributed by atoms with Crippen LogP contribution >= 0.6 is 11.8 Å². The molecule has 1 fully saturated rings. The van der Waals surface area contributed by atoms with E-state index in [0.29, 0.717) is 11.7 Å². The second kappa shape index (κ2) is 7.82. The molecule has 0 radical (unpaired) electrons. The highest BCUT2D eigenvalue weighted by Crippen LogP contribution is 2.33. The van der Waals surface area contributed by atoms with E-state index in [0.717, 1.165) is 17.5 Å². The number of aromatic nitrogens is 3. The molecule has 0 amide bonds. The Morgan fingerprint density at radius 1 is 1.33 bits per heavy atom. The highest BCUT2D eigenvalue weighted by molar-refractivity contribution is 7.99. The van der Waals surface area contributed by atoms with Crippen LogP contribution in [0.3, 0.4) is 0 Å². The summed E-state index contributed by atoms with van der Waals surface area (Å²) in [4.78, 5) is 11.6. The zero-order valence-corrected chi connectivity index (χ0v) is 14.0. The van der Waals surface area contributed by atoms with Gasteiger partial charge in [-0.1, -0.05) is 31.0 Å². The van der Waals surface area contributed by atoms with Crippen molar-refractivity contribution < 1.29 is 9.53 Å². The largest absolute Gasteiger partial charge is 0.462 e. The van der Waals surface area contributed by atoms with Crippen LogP contribution in [0.1, 0.15) is 64.6 Å². The van der Waals surface area contributed by atoms with Gasteiger partial charge in [-0.3, -0.25) is 4.79 Å². The highest BCUT2D eigenvalue weighted by atomic mass is 32.2. The summed E-state index contributed by atoms with van der Waals surface area (Å²) in [5, 5.41) is 9.50. The van der Waals surface area contributed by atoms with E-state index in [1.54, 1.807) is 0 Å². The molecular formula is C15H25N3O2S. The number of esters is 1. The van der Waals surface area contributed by atoms with Crippen molar-refractivity contribution in [1.29, 1.82) is 0 Å². The number of hydrogen-bond acceptors (Lipinski definition) is 5. The third-order valence-corrected chi connectivity index (χ3v) is 4.66. The molecular weight excluding hydrogens is 286 g/mol. The smallest absolute Gasteiger partial charge is 0.316 e. The molecule has 2 rings (SSSR count).